The molecule has 1 aliphatic heterocycles. The zero-order valence-corrected chi connectivity index (χ0v) is 16.7. The molecule has 1 atom stereocenters. The number of aryl methyl sites for hydroxylation is 1. The summed E-state index contributed by atoms with van der Waals surface area (Å²) in [6.07, 6.45) is 0. The van der Waals surface area contributed by atoms with Crippen molar-refractivity contribution in [1.82, 2.24) is 25.4 Å². The Kier molecular flexibility index (Phi) is 4.71. The lowest BCUT2D eigenvalue weighted by atomic mass is 9.96. The van der Waals surface area contributed by atoms with Crippen molar-refractivity contribution in [1.29, 1.82) is 0 Å². The highest BCUT2D eigenvalue weighted by molar-refractivity contribution is 6.30. The van der Waals surface area contributed by atoms with E-state index in [4.69, 9.17) is 16.3 Å². The minimum Gasteiger partial charge on any atom is -0.466 e. The predicted molar refractivity (Wildman–Crippen MR) is 108 cm³/mol. The number of urea groups is 1. The fourth-order valence-corrected chi connectivity index (χ4v) is 3.68. The van der Waals surface area contributed by atoms with E-state index in [2.05, 4.69) is 20.7 Å². The summed E-state index contributed by atoms with van der Waals surface area (Å²) in [6.45, 7) is 3.50. The lowest BCUT2D eigenvalue weighted by molar-refractivity contribution is -0.136. The molecule has 0 saturated carbocycles. The Morgan fingerprint density at radius 2 is 1.97 bits per heavy atom. The average Bonchev–Trinajstić information content (AvgIpc) is 3.02. The van der Waals surface area contributed by atoms with Crippen molar-refractivity contribution in [3.05, 3.63) is 64.1 Å². The second-order valence-corrected chi connectivity index (χ2v) is 6.99. The van der Waals surface area contributed by atoms with Crippen LogP contribution in [0.1, 0.15) is 24.2 Å². The molecule has 0 aliphatic carbocycles. The third-order valence-corrected chi connectivity index (χ3v) is 5.11. The molecule has 1 aliphatic rings. The number of nitrogens with one attached hydrogen (secondary N) is 2. The molecule has 9 heteroatoms. The first-order chi connectivity index (χ1) is 13.9. The third kappa shape index (κ3) is 3.21. The average molecular weight is 412 g/mol. The molecule has 0 saturated heterocycles. The molecule has 0 spiro atoms. The number of methoxy groups -OCH3 is 1. The largest absolute Gasteiger partial charge is 0.466 e. The number of benzene rings is 1. The molecule has 29 heavy (non-hydrogen) atoms. The SMILES string of the molecule is COC(=O)C1=C(C)NC(=O)NC1c1cc2c(C)nn(-c3ccccc3)c2nc1Cl. The molecule has 4 rings (SSSR count). The van der Waals surface area contributed by atoms with E-state index in [1.807, 2.05) is 37.3 Å². The van der Waals surface area contributed by atoms with Crippen molar-refractivity contribution < 1.29 is 14.3 Å². The fraction of sp³-hybridized carbons (Fsp3) is 0.200. The summed E-state index contributed by atoms with van der Waals surface area (Å²) in [7, 11) is 1.28. The Morgan fingerprint density at radius 3 is 2.66 bits per heavy atom. The van der Waals surface area contributed by atoms with E-state index in [1.54, 1.807) is 17.7 Å². The summed E-state index contributed by atoms with van der Waals surface area (Å²) in [5.41, 5.74) is 3.34. The van der Waals surface area contributed by atoms with E-state index in [1.165, 1.54) is 7.11 Å². The second kappa shape index (κ2) is 7.21. The Balaban J connectivity index is 1.90. The Hall–Kier alpha value is -3.39. The van der Waals surface area contributed by atoms with Crippen LogP contribution in [0.15, 0.2) is 47.7 Å². The van der Waals surface area contributed by atoms with Crippen LogP contribution in [0.3, 0.4) is 0 Å². The van der Waals surface area contributed by atoms with Gasteiger partial charge in [-0.25, -0.2) is 19.3 Å². The monoisotopic (exact) mass is 411 g/mol. The quantitative estimate of drug-likeness (QED) is 0.509. The standard InChI is InChI=1S/C20H18ClN5O3/c1-10-13-9-14(16-15(19(27)29-3)11(2)22-20(28)23-16)17(21)24-18(13)26(25-10)12-7-5-4-6-8-12/h4-9,16H,1-3H3,(H2,22,23,28). The molecule has 0 bridgehead atoms. The van der Waals surface area contributed by atoms with Gasteiger partial charge in [0.15, 0.2) is 5.65 Å². The molecule has 1 aromatic carbocycles. The van der Waals surface area contributed by atoms with Gasteiger partial charge in [0, 0.05) is 16.6 Å². The Labute approximate surface area is 171 Å². The third-order valence-electron chi connectivity index (χ3n) is 4.81. The van der Waals surface area contributed by atoms with Crippen LogP contribution in [0.25, 0.3) is 16.7 Å². The summed E-state index contributed by atoms with van der Waals surface area (Å²) in [5.74, 6) is -0.562. The number of allylic oxidation sites excluding steroid dienone is 1. The number of carbonyl (C=O) groups excluding carboxylic acids is 2. The highest BCUT2D eigenvalue weighted by Gasteiger charge is 2.34. The number of pyridine rings is 1. The molecule has 148 valence electrons. The van der Waals surface area contributed by atoms with Gasteiger partial charge in [-0.1, -0.05) is 29.8 Å². The van der Waals surface area contributed by atoms with E-state index in [0.717, 1.165) is 16.8 Å². The maximum Gasteiger partial charge on any atom is 0.337 e. The molecule has 0 fully saturated rings. The fourth-order valence-electron chi connectivity index (χ4n) is 3.44. The van der Waals surface area contributed by atoms with Crippen molar-refractivity contribution in [2.45, 2.75) is 19.9 Å². The molecule has 2 amide bonds. The Bertz CT molecular complexity index is 1170. The smallest absolute Gasteiger partial charge is 0.337 e. The number of halogens is 1. The van der Waals surface area contributed by atoms with Crippen molar-refractivity contribution in [3.8, 4) is 5.69 Å². The van der Waals surface area contributed by atoms with Gasteiger partial charge in [-0.3, -0.25) is 0 Å². The van der Waals surface area contributed by atoms with E-state index in [-0.39, 0.29) is 10.7 Å². The van der Waals surface area contributed by atoms with Crippen LogP contribution in [-0.4, -0.2) is 33.9 Å². The second-order valence-electron chi connectivity index (χ2n) is 6.63. The molecular formula is C20H18ClN5O3. The maximum absolute atomic E-state index is 12.3. The van der Waals surface area contributed by atoms with Crippen molar-refractivity contribution >= 4 is 34.6 Å². The number of amides is 2. The summed E-state index contributed by atoms with van der Waals surface area (Å²) in [6, 6.07) is 10.2. The minimum atomic E-state index is -0.792. The highest BCUT2D eigenvalue weighted by Crippen LogP contribution is 2.34. The van der Waals surface area contributed by atoms with Crippen molar-refractivity contribution in [2.75, 3.05) is 7.11 Å². The zero-order chi connectivity index (χ0) is 20.7. The van der Waals surface area contributed by atoms with Gasteiger partial charge >= 0.3 is 12.0 Å². The van der Waals surface area contributed by atoms with Crippen LogP contribution in [0.4, 0.5) is 4.79 Å². The van der Waals surface area contributed by atoms with Crippen LogP contribution in [-0.2, 0) is 9.53 Å². The number of hydrogen-bond donors (Lipinski definition) is 2. The number of hydrogen-bond acceptors (Lipinski definition) is 5. The van der Waals surface area contributed by atoms with Crippen LogP contribution >= 0.6 is 11.6 Å². The number of ether oxygens (including phenoxy) is 1. The van der Waals surface area contributed by atoms with Crippen molar-refractivity contribution in [2.24, 2.45) is 0 Å². The first-order valence-corrected chi connectivity index (χ1v) is 9.26. The van der Waals surface area contributed by atoms with Gasteiger partial charge in [-0.15, -0.1) is 0 Å². The molecule has 3 heterocycles. The molecule has 2 aromatic heterocycles. The highest BCUT2D eigenvalue weighted by atomic mass is 35.5. The number of para-hydroxylation sites is 1. The molecule has 2 N–H and O–H groups in total. The predicted octanol–water partition coefficient (Wildman–Crippen LogP) is 3.18. The van der Waals surface area contributed by atoms with Gasteiger partial charge in [0.1, 0.15) is 5.15 Å². The van der Waals surface area contributed by atoms with E-state index in [9.17, 15) is 9.59 Å². The first kappa shape index (κ1) is 18.9. The number of esters is 1. The summed E-state index contributed by atoms with van der Waals surface area (Å²) >= 11 is 6.52. The topological polar surface area (TPSA) is 98.1 Å². The van der Waals surface area contributed by atoms with Gasteiger partial charge in [-0.05, 0) is 32.0 Å². The maximum atomic E-state index is 12.3. The number of fused-ring (bicyclic) bond motifs is 1. The van der Waals surface area contributed by atoms with Gasteiger partial charge < -0.3 is 15.4 Å². The first-order valence-electron chi connectivity index (χ1n) is 8.88. The van der Waals surface area contributed by atoms with Gasteiger partial charge in [-0.2, -0.15) is 5.10 Å². The van der Waals surface area contributed by atoms with E-state index < -0.39 is 18.0 Å². The normalized spacial score (nSPS) is 16.6. The summed E-state index contributed by atoms with van der Waals surface area (Å²) in [5, 5.41) is 10.8. The number of aromatic nitrogens is 3. The molecule has 3 aromatic rings. The Morgan fingerprint density at radius 1 is 1.24 bits per heavy atom. The zero-order valence-electron chi connectivity index (χ0n) is 16.0. The van der Waals surface area contributed by atoms with E-state index in [0.29, 0.717) is 16.9 Å². The number of nitrogens with zero attached hydrogens (tertiary/aromatic N) is 3. The molecule has 1 unspecified atom stereocenters. The van der Waals surface area contributed by atoms with E-state index >= 15 is 0 Å². The number of rotatable bonds is 3. The van der Waals surface area contributed by atoms with Crippen LogP contribution in [0.2, 0.25) is 5.15 Å². The van der Waals surface area contributed by atoms with Gasteiger partial charge in [0.2, 0.25) is 0 Å². The van der Waals surface area contributed by atoms with Crippen LogP contribution in [0.5, 0.6) is 0 Å². The van der Waals surface area contributed by atoms with Crippen LogP contribution < -0.4 is 10.6 Å². The lowest BCUT2D eigenvalue weighted by Gasteiger charge is -2.28. The van der Waals surface area contributed by atoms with Crippen LogP contribution in [0, 0.1) is 6.92 Å². The van der Waals surface area contributed by atoms with Gasteiger partial charge in [0.05, 0.1) is 30.1 Å². The molecular weight excluding hydrogens is 394 g/mol. The molecule has 0 radical (unpaired) electrons. The minimum absolute atomic E-state index is 0.163. The lowest BCUT2D eigenvalue weighted by Crippen LogP contribution is -2.45. The summed E-state index contributed by atoms with van der Waals surface area (Å²) < 4.78 is 6.60. The molecule has 8 nitrogen and oxygen atoms in total. The van der Waals surface area contributed by atoms with Gasteiger partial charge in [0.25, 0.3) is 0 Å². The van der Waals surface area contributed by atoms with Crippen molar-refractivity contribution in [3.63, 3.8) is 0 Å². The summed E-state index contributed by atoms with van der Waals surface area (Å²) in [4.78, 5) is 28.9. The number of carbonyl (C=O) groups is 2.